The summed E-state index contributed by atoms with van der Waals surface area (Å²) in [5.41, 5.74) is 3.07. The van der Waals surface area contributed by atoms with Gasteiger partial charge in [0.25, 0.3) is 5.91 Å². The number of benzene rings is 2. The number of halogens is 3. The summed E-state index contributed by atoms with van der Waals surface area (Å²) in [5, 5.41) is 2.81. The first kappa shape index (κ1) is 19.7. The Morgan fingerprint density at radius 3 is 2.00 bits per heavy atom. The molecule has 0 bridgehead atoms. The molecule has 5 nitrogen and oxygen atoms in total. The van der Waals surface area contributed by atoms with Crippen molar-refractivity contribution in [3.05, 3.63) is 59.7 Å². The molecule has 0 radical (unpaired) electrons. The maximum Gasteiger partial charge on any atom is 0.471 e. The quantitative estimate of drug-likeness (QED) is 0.872. The van der Waals surface area contributed by atoms with E-state index in [0.717, 1.165) is 16.2 Å². The van der Waals surface area contributed by atoms with E-state index in [1.807, 2.05) is 24.0 Å². The number of hydrogen-bond donors (Lipinski definition) is 1. The second-order valence-corrected chi connectivity index (χ2v) is 6.64. The summed E-state index contributed by atoms with van der Waals surface area (Å²) in [5.74, 6) is -2.01. The molecular formula is C20H20F3N3O2. The van der Waals surface area contributed by atoms with Crippen molar-refractivity contribution in [2.24, 2.45) is 0 Å². The summed E-state index contributed by atoms with van der Waals surface area (Å²) in [7, 11) is 0. The minimum Gasteiger partial charge on any atom is -0.368 e. The van der Waals surface area contributed by atoms with Crippen LogP contribution in [0.2, 0.25) is 0 Å². The van der Waals surface area contributed by atoms with Crippen molar-refractivity contribution in [3.63, 3.8) is 0 Å². The van der Waals surface area contributed by atoms with Gasteiger partial charge in [-0.25, -0.2) is 0 Å². The van der Waals surface area contributed by atoms with Crippen molar-refractivity contribution in [1.82, 2.24) is 4.90 Å². The van der Waals surface area contributed by atoms with Crippen molar-refractivity contribution in [1.29, 1.82) is 0 Å². The number of carbonyl (C=O) groups is 2. The Morgan fingerprint density at radius 2 is 1.46 bits per heavy atom. The summed E-state index contributed by atoms with van der Waals surface area (Å²) in [6.07, 6.45) is -4.83. The molecule has 28 heavy (non-hydrogen) atoms. The smallest absolute Gasteiger partial charge is 0.368 e. The topological polar surface area (TPSA) is 52.7 Å². The monoisotopic (exact) mass is 391 g/mol. The molecule has 0 atom stereocenters. The molecule has 0 spiro atoms. The molecule has 1 aliphatic rings. The van der Waals surface area contributed by atoms with E-state index in [9.17, 15) is 22.8 Å². The van der Waals surface area contributed by atoms with Gasteiger partial charge >= 0.3 is 12.1 Å². The number of carbonyl (C=O) groups excluding carboxylic acids is 2. The molecule has 3 rings (SSSR count). The molecule has 0 saturated carbocycles. The predicted molar refractivity (Wildman–Crippen MR) is 100 cm³/mol. The number of amides is 2. The zero-order valence-electron chi connectivity index (χ0n) is 15.3. The lowest BCUT2D eigenvalue weighted by molar-refractivity contribution is -0.185. The summed E-state index contributed by atoms with van der Waals surface area (Å²) < 4.78 is 37.5. The van der Waals surface area contributed by atoms with Crippen LogP contribution >= 0.6 is 0 Å². The van der Waals surface area contributed by atoms with E-state index in [4.69, 9.17) is 0 Å². The first-order chi connectivity index (χ1) is 13.2. The Bertz CT molecular complexity index is 840. The number of rotatable bonds is 3. The third-order valence-electron chi connectivity index (χ3n) is 4.61. The predicted octanol–water partition coefficient (Wildman–Crippen LogP) is 3.46. The highest BCUT2D eigenvalue weighted by Gasteiger charge is 2.43. The number of nitrogens with one attached hydrogen (secondary N) is 1. The Balaban J connectivity index is 1.57. The van der Waals surface area contributed by atoms with Gasteiger partial charge in [0.1, 0.15) is 0 Å². The second kappa shape index (κ2) is 7.92. The number of piperazine rings is 1. The van der Waals surface area contributed by atoms with Crippen molar-refractivity contribution in [2.75, 3.05) is 36.4 Å². The molecular weight excluding hydrogens is 371 g/mol. The summed E-state index contributed by atoms with van der Waals surface area (Å²) in [6.45, 7) is 2.61. The average Bonchev–Trinajstić information content (AvgIpc) is 2.68. The summed E-state index contributed by atoms with van der Waals surface area (Å²) in [6, 6.07) is 14.3. The first-order valence-electron chi connectivity index (χ1n) is 8.83. The van der Waals surface area contributed by atoms with Crippen molar-refractivity contribution in [2.45, 2.75) is 13.1 Å². The Kier molecular flexibility index (Phi) is 5.58. The molecule has 2 aromatic carbocycles. The van der Waals surface area contributed by atoms with Crippen LogP contribution in [0.1, 0.15) is 15.9 Å². The number of hydrogen-bond acceptors (Lipinski definition) is 3. The van der Waals surface area contributed by atoms with E-state index in [-0.39, 0.29) is 19.0 Å². The molecule has 1 N–H and O–H groups in total. The highest BCUT2D eigenvalue weighted by atomic mass is 19.4. The molecule has 1 fully saturated rings. The van der Waals surface area contributed by atoms with E-state index in [0.29, 0.717) is 24.3 Å². The fourth-order valence-corrected chi connectivity index (χ4v) is 3.01. The summed E-state index contributed by atoms with van der Waals surface area (Å²) in [4.78, 5) is 26.3. The van der Waals surface area contributed by atoms with Gasteiger partial charge in [0, 0.05) is 43.1 Å². The Hall–Kier alpha value is -3.03. The van der Waals surface area contributed by atoms with Crippen LogP contribution in [0.25, 0.3) is 0 Å². The van der Waals surface area contributed by atoms with Crippen LogP contribution < -0.4 is 10.2 Å². The average molecular weight is 391 g/mol. The molecule has 2 amide bonds. The van der Waals surface area contributed by atoms with Crippen LogP contribution in [0.5, 0.6) is 0 Å². The van der Waals surface area contributed by atoms with Gasteiger partial charge in [-0.2, -0.15) is 13.2 Å². The Morgan fingerprint density at radius 1 is 0.893 bits per heavy atom. The lowest BCUT2D eigenvalue weighted by Gasteiger charge is -2.36. The lowest BCUT2D eigenvalue weighted by atomic mass is 10.1. The fraction of sp³-hybridized carbons (Fsp3) is 0.300. The third kappa shape index (κ3) is 4.62. The van der Waals surface area contributed by atoms with Gasteiger partial charge in [-0.05, 0) is 43.3 Å². The van der Waals surface area contributed by atoms with Gasteiger partial charge < -0.3 is 15.1 Å². The number of alkyl halides is 3. The van der Waals surface area contributed by atoms with Gasteiger partial charge in [-0.3, -0.25) is 9.59 Å². The van der Waals surface area contributed by atoms with Crippen molar-refractivity contribution >= 4 is 23.2 Å². The van der Waals surface area contributed by atoms with Crippen LogP contribution in [0.15, 0.2) is 48.5 Å². The molecule has 1 aliphatic heterocycles. The lowest BCUT2D eigenvalue weighted by Crippen LogP contribution is -2.52. The zero-order valence-corrected chi connectivity index (χ0v) is 15.3. The van der Waals surface area contributed by atoms with Crippen molar-refractivity contribution < 1.29 is 22.8 Å². The van der Waals surface area contributed by atoms with Gasteiger partial charge in [-0.1, -0.05) is 17.7 Å². The van der Waals surface area contributed by atoms with Gasteiger partial charge in [0.15, 0.2) is 0 Å². The molecule has 0 aliphatic carbocycles. The van der Waals surface area contributed by atoms with E-state index in [1.165, 1.54) is 0 Å². The number of nitrogens with zero attached hydrogens (tertiary/aromatic N) is 2. The van der Waals surface area contributed by atoms with Crippen molar-refractivity contribution in [3.8, 4) is 0 Å². The largest absolute Gasteiger partial charge is 0.471 e. The van der Waals surface area contributed by atoms with E-state index in [1.54, 1.807) is 36.4 Å². The third-order valence-corrected chi connectivity index (χ3v) is 4.61. The van der Waals surface area contributed by atoms with Crippen LogP contribution in [0.3, 0.4) is 0 Å². The standard InChI is InChI=1S/C20H20F3N3O2/c1-14-2-4-15(5-3-14)18(27)24-16-6-8-17(9-7-16)25-10-12-26(13-11-25)19(28)20(21,22)23/h2-9H,10-13H2,1H3,(H,24,27). The van der Waals surface area contributed by atoms with Crippen LogP contribution in [0.4, 0.5) is 24.5 Å². The second-order valence-electron chi connectivity index (χ2n) is 6.64. The molecule has 8 heteroatoms. The van der Waals surface area contributed by atoms with Gasteiger partial charge in [0.2, 0.25) is 0 Å². The maximum absolute atomic E-state index is 12.5. The maximum atomic E-state index is 12.5. The molecule has 148 valence electrons. The van der Waals surface area contributed by atoms with Crippen LogP contribution in [0, 0.1) is 6.92 Å². The SMILES string of the molecule is Cc1ccc(C(=O)Nc2ccc(N3CCN(C(=O)C(F)(F)F)CC3)cc2)cc1. The van der Waals surface area contributed by atoms with Gasteiger partial charge in [-0.15, -0.1) is 0 Å². The molecule has 0 aromatic heterocycles. The fourth-order valence-electron chi connectivity index (χ4n) is 3.01. The molecule has 0 unspecified atom stereocenters. The highest BCUT2D eigenvalue weighted by Crippen LogP contribution is 2.23. The minimum atomic E-state index is -4.83. The Labute approximate surface area is 160 Å². The van der Waals surface area contributed by atoms with Crippen LogP contribution in [-0.4, -0.2) is 49.1 Å². The molecule has 1 saturated heterocycles. The van der Waals surface area contributed by atoms with E-state index >= 15 is 0 Å². The highest BCUT2D eigenvalue weighted by molar-refractivity contribution is 6.04. The summed E-state index contributed by atoms with van der Waals surface area (Å²) >= 11 is 0. The minimum absolute atomic E-state index is 0.0181. The van der Waals surface area contributed by atoms with Crippen LogP contribution in [-0.2, 0) is 4.79 Å². The number of aryl methyl sites for hydroxylation is 1. The van der Waals surface area contributed by atoms with Gasteiger partial charge in [0.05, 0.1) is 0 Å². The zero-order chi connectivity index (χ0) is 20.3. The normalized spacial score (nSPS) is 14.7. The molecule has 1 heterocycles. The van der Waals surface area contributed by atoms with E-state index < -0.39 is 12.1 Å². The number of anilines is 2. The molecule has 2 aromatic rings. The first-order valence-corrected chi connectivity index (χ1v) is 8.83. The van der Waals surface area contributed by atoms with E-state index in [2.05, 4.69) is 5.32 Å².